The van der Waals surface area contributed by atoms with Gasteiger partial charge >= 0.3 is 0 Å². The predicted octanol–water partition coefficient (Wildman–Crippen LogP) is 22.7. The molecule has 0 atom stereocenters. The van der Waals surface area contributed by atoms with Crippen molar-refractivity contribution in [3.8, 4) is 0 Å². The van der Waals surface area contributed by atoms with Gasteiger partial charge in [-0.25, -0.2) is 0 Å². The first kappa shape index (κ1) is 79.0. The lowest BCUT2D eigenvalue weighted by Gasteiger charge is -2.30. The molecule has 0 aromatic rings. The van der Waals surface area contributed by atoms with E-state index in [4.69, 9.17) is 17.5 Å². The van der Waals surface area contributed by atoms with Crippen molar-refractivity contribution in [1.82, 2.24) is 0 Å². The number of hydrogen-bond donors (Lipinski definition) is 0. The molecule has 0 aliphatic rings. The van der Waals surface area contributed by atoms with E-state index in [0.29, 0.717) is 0 Å². The van der Waals surface area contributed by atoms with Crippen molar-refractivity contribution < 1.29 is 26.5 Å². The van der Waals surface area contributed by atoms with Gasteiger partial charge in [0.15, 0.2) is 0 Å². The minimum atomic E-state index is -5.17. The summed E-state index contributed by atoms with van der Waals surface area (Å²) in [5.74, 6) is 0. The Morgan fingerprint density at radius 3 is 0.373 bits per heavy atom. The van der Waals surface area contributed by atoms with Crippen molar-refractivity contribution in [3.05, 3.63) is 0 Å². The van der Waals surface area contributed by atoms with E-state index in [1.165, 1.54) is 395 Å². The van der Waals surface area contributed by atoms with Gasteiger partial charge in [-0.2, -0.15) is 0 Å². The molecule has 7 heteroatoms. The molecule has 0 aromatic carbocycles. The SMILES string of the molecule is CCCCCCCCCCCCCCCC[N+](C)(C)CCCCCCCCCCCCCCCC.CCCCCCCCCCCCCCCC[N+](C)(C)CCCCCCCCCCCCCCCC.O=S(=O)([O-])[O-]. The summed E-state index contributed by atoms with van der Waals surface area (Å²) >= 11 is 0. The molecule has 0 bridgehead atoms. The third kappa shape index (κ3) is 82.8. The predicted molar refractivity (Wildman–Crippen MR) is 335 cm³/mol. The standard InChI is InChI=1S/2C34H72N.H2O4S/c2*1-5-7-9-11-13-15-17-19-21-23-25-27-29-31-33-35(3,4)34-32-30-28-26-24-22-20-18-16-14-12-10-8-6-2;1-5(2,3)4/h2*5-34H2,1-4H3;(H2,1,2,3,4)/q2*+1;/p-2. The molecule has 0 heterocycles. The first-order valence-electron chi connectivity index (χ1n) is 34.5. The van der Waals surface area contributed by atoms with Gasteiger partial charge < -0.3 is 18.1 Å². The average molecular weight is 1090 g/mol. The lowest BCUT2D eigenvalue weighted by molar-refractivity contribution is -0.890. The van der Waals surface area contributed by atoms with E-state index in [1.807, 2.05) is 0 Å². The maximum Gasteiger partial charge on any atom is 0.0782 e. The topological polar surface area (TPSA) is 80.3 Å². The monoisotopic (exact) mass is 1090 g/mol. The summed E-state index contributed by atoms with van der Waals surface area (Å²) in [6, 6.07) is 0. The van der Waals surface area contributed by atoms with Gasteiger partial charge in [0.2, 0.25) is 0 Å². The van der Waals surface area contributed by atoms with Gasteiger partial charge in [-0.05, 0) is 51.4 Å². The average Bonchev–Trinajstić information content (AvgIpc) is 3.36. The smallest absolute Gasteiger partial charge is 0.0782 e. The molecule has 0 N–H and O–H groups in total. The van der Waals surface area contributed by atoms with E-state index in [9.17, 15) is 0 Å². The van der Waals surface area contributed by atoms with Crippen molar-refractivity contribution in [2.45, 2.75) is 387 Å². The largest absolute Gasteiger partial charge is 0.759 e. The van der Waals surface area contributed by atoms with E-state index in [2.05, 4.69) is 55.9 Å². The lowest BCUT2D eigenvalue weighted by atomic mass is 10.0. The summed E-state index contributed by atoms with van der Waals surface area (Å²) in [5.41, 5.74) is 0. The first-order valence-corrected chi connectivity index (χ1v) is 35.9. The molecule has 0 aliphatic heterocycles. The molecule has 0 saturated heterocycles. The fourth-order valence-electron chi connectivity index (χ4n) is 11.2. The number of rotatable bonds is 60. The number of quaternary nitrogens is 2. The van der Waals surface area contributed by atoms with E-state index < -0.39 is 10.4 Å². The van der Waals surface area contributed by atoms with Gasteiger partial charge in [-0.1, -0.05) is 336 Å². The van der Waals surface area contributed by atoms with E-state index in [1.54, 1.807) is 0 Å². The third-order valence-electron chi connectivity index (χ3n) is 16.5. The van der Waals surface area contributed by atoms with E-state index in [-0.39, 0.29) is 0 Å². The molecule has 0 fully saturated rings. The highest BCUT2D eigenvalue weighted by Crippen LogP contribution is 2.19. The Morgan fingerprint density at radius 1 is 0.200 bits per heavy atom. The molecule has 0 rings (SSSR count). The minimum absolute atomic E-state index is 1.25. The normalized spacial score (nSPS) is 12.0. The first-order chi connectivity index (χ1) is 36.2. The molecular weight excluding hydrogens is 941 g/mol. The van der Waals surface area contributed by atoms with Crippen LogP contribution >= 0.6 is 0 Å². The summed E-state index contributed by atoms with van der Waals surface area (Å²) in [5, 5.41) is 0. The van der Waals surface area contributed by atoms with Crippen LogP contribution in [0.5, 0.6) is 0 Å². The van der Waals surface area contributed by atoms with Crippen molar-refractivity contribution in [2.75, 3.05) is 54.4 Å². The molecule has 0 aromatic heterocycles. The zero-order valence-corrected chi connectivity index (χ0v) is 54.2. The molecule has 0 radical (unpaired) electrons. The van der Waals surface area contributed by atoms with Crippen LogP contribution in [0.4, 0.5) is 0 Å². The number of unbranched alkanes of at least 4 members (excludes halogenated alkanes) is 52. The van der Waals surface area contributed by atoms with Crippen LogP contribution in [0.15, 0.2) is 0 Å². The van der Waals surface area contributed by atoms with Crippen molar-refractivity contribution in [3.63, 3.8) is 0 Å². The summed E-state index contributed by atoms with van der Waals surface area (Å²) in [7, 11) is 4.68. The van der Waals surface area contributed by atoms with Crippen LogP contribution in [-0.4, -0.2) is 80.9 Å². The molecule has 0 spiro atoms. The highest BCUT2D eigenvalue weighted by molar-refractivity contribution is 7.79. The van der Waals surface area contributed by atoms with Crippen LogP contribution in [0, 0.1) is 0 Å². The van der Waals surface area contributed by atoms with Crippen molar-refractivity contribution in [2.24, 2.45) is 0 Å². The zero-order valence-electron chi connectivity index (χ0n) is 53.4. The van der Waals surface area contributed by atoms with E-state index >= 15 is 0 Å². The quantitative estimate of drug-likeness (QED) is 0.0263. The van der Waals surface area contributed by atoms with Crippen LogP contribution in [0.25, 0.3) is 0 Å². The molecule has 456 valence electrons. The number of hydrogen-bond acceptors (Lipinski definition) is 4. The van der Waals surface area contributed by atoms with Gasteiger partial charge in [0.25, 0.3) is 0 Å². The van der Waals surface area contributed by atoms with Crippen molar-refractivity contribution >= 4 is 10.4 Å². The van der Waals surface area contributed by atoms with Gasteiger partial charge in [0.05, 0.1) is 54.4 Å². The summed E-state index contributed by atoms with van der Waals surface area (Å²) in [6.07, 6.45) is 81.9. The maximum absolute atomic E-state index is 8.52. The minimum Gasteiger partial charge on any atom is -0.759 e. The van der Waals surface area contributed by atoms with Crippen LogP contribution in [-0.2, 0) is 10.4 Å². The molecule has 0 aliphatic carbocycles. The maximum atomic E-state index is 8.52. The van der Waals surface area contributed by atoms with Crippen LogP contribution in [0.2, 0.25) is 0 Å². The third-order valence-corrected chi connectivity index (χ3v) is 16.5. The Kier molecular flexibility index (Phi) is 68.1. The fourth-order valence-corrected chi connectivity index (χ4v) is 11.2. The molecule has 0 amide bonds. The lowest BCUT2D eigenvalue weighted by Crippen LogP contribution is -2.41. The molecule has 75 heavy (non-hydrogen) atoms. The van der Waals surface area contributed by atoms with Crippen molar-refractivity contribution in [1.29, 1.82) is 0 Å². The summed E-state index contributed by atoms with van der Waals surface area (Å²) in [4.78, 5) is 0. The second kappa shape index (κ2) is 64.6. The molecule has 0 saturated carbocycles. The highest BCUT2D eigenvalue weighted by atomic mass is 32.3. The molecular formula is C68H144N2O4S. The van der Waals surface area contributed by atoms with Crippen LogP contribution in [0.1, 0.15) is 387 Å². The summed E-state index contributed by atoms with van der Waals surface area (Å²) in [6.45, 7) is 14.8. The zero-order chi connectivity index (χ0) is 55.9. The van der Waals surface area contributed by atoms with Crippen LogP contribution < -0.4 is 0 Å². The Morgan fingerprint density at radius 2 is 0.280 bits per heavy atom. The highest BCUT2D eigenvalue weighted by Gasteiger charge is 2.15. The van der Waals surface area contributed by atoms with Gasteiger partial charge in [-0.3, -0.25) is 8.42 Å². The van der Waals surface area contributed by atoms with Gasteiger partial charge in [0, 0.05) is 10.4 Å². The van der Waals surface area contributed by atoms with Gasteiger partial charge in [-0.15, -0.1) is 0 Å². The Labute approximate surface area is 476 Å². The summed E-state index contributed by atoms with van der Waals surface area (Å²) < 4.78 is 36.6. The Balaban J connectivity index is -0.00000127. The Hall–Kier alpha value is -0.210. The van der Waals surface area contributed by atoms with Crippen LogP contribution in [0.3, 0.4) is 0 Å². The second-order valence-corrected chi connectivity index (χ2v) is 26.4. The molecule has 0 unspecified atom stereocenters. The second-order valence-electron chi connectivity index (χ2n) is 25.6. The van der Waals surface area contributed by atoms with Gasteiger partial charge in [0.1, 0.15) is 0 Å². The number of nitrogens with zero attached hydrogens (tertiary/aromatic N) is 2. The fraction of sp³-hybridized carbons (Fsp3) is 1.00. The van der Waals surface area contributed by atoms with E-state index in [0.717, 1.165) is 0 Å². The molecule has 6 nitrogen and oxygen atoms in total. The Bertz CT molecular complexity index is 982.